The van der Waals surface area contributed by atoms with Gasteiger partial charge in [-0.25, -0.2) is 8.42 Å². The summed E-state index contributed by atoms with van der Waals surface area (Å²) in [5, 5.41) is 29.9. The third-order valence-electron chi connectivity index (χ3n) is 4.24. The molecule has 0 fully saturated rings. The Labute approximate surface area is 168 Å². The van der Waals surface area contributed by atoms with Gasteiger partial charge in [-0.05, 0) is 42.5 Å². The average molecular weight is 413 g/mol. The first-order valence-electron chi connectivity index (χ1n) is 8.63. The molecule has 8 heteroatoms. The van der Waals surface area contributed by atoms with Gasteiger partial charge in [-0.15, -0.1) is 0 Å². The second kappa shape index (κ2) is 8.04. The van der Waals surface area contributed by atoms with Gasteiger partial charge < -0.3 is 15.3 Å². The number of aliphatic hydroxyl groups is 2. The Balaban J connectivity index is 1.79. The highest BCUT2D eigenvalue weighted by Crippen LogP contribution is 2.24. The number of phenols is 1. The Bertz CT molecular complexity index is 1100. The van der Waals surface area contributed by atoms with Crippen LogP contribution in [0.2, 0.25) is 0 Å². The molecular formula is C21H19NO6S. The highest BCUT2D eigenvalue weighted by Gasteiger charge is 2.36. The average Bonchev–Trinajstić information content (AvgIpc) is 2.67. The predicted octanol–water partition coefficient (Wildman–Crippen LogP) is 2.41. The summed E-state index contributed by atoms with van der Waals surface area (Å²) in [6.45, 7) is 0. The summed E-state index contributed by atoms with van der Waals surface area (Å²) in [4.78, 5) is 12.2. The number of Topliss-reactive ketones (excluding diaryl/α,β-unsaturated/α-hetero) is 1. The van der Waals surface area contributed by atoms with Gasteiger partial charge in [0.1, 0.15) is 11.5 Å². The van der Waals surface area contributed by atoms with Gasteiger partial charge in [0, 0.05) is 11.1 Å². The fraction of sp³-hybridized carbons (Fsp3) is 0.0952. The van der Waals surface area contributed by atoms with E-state index in [0.717, 1.165) is 0 Å². The van der Waals surface area contributed by atoms with Crippen LogP contribution in [0.5, 0.6) is 5.75 Å². The van der Waals surface area contributed by atoms with E-state index >= 15 is 0 Å². The third kappa shape index (κ3) is 5.00. The zero-order chi connectivity index (χ0) is 21.1. The van der Waals surface area contributed by atoms with E-state index in [0.29, 0.717) is 5.56 Å². The molecular weight excluding hydrogens is 394 g/mol. The highest BCUT2D eigenvalue weighted by molar-refractivity contribution is 7.89. The zero-order valence-corrected chi connectivity index (χ0v) is 16.0. The number of aromatic hydroxyl groups is 1. The van der Waals surface area contributed by atoms with Crippen LogP contribution < -0.4 is 4.72 Å². The number of ketones is 1. The van der Waals surface area contributed by atoms with E-state index < -0.39 is 28.0 Å². The minimum atomic E-state index is -4.12. The van der Waals surface area contributed by atoms with Crippen LogP contribution in [0, 0.1) is 0 Å². The van der Waals surface area contributed by atoms with Crippen molar-refractivity contribution in [1.29, 1.82) is 0 Å². The van der Waals surface area contributed by atoms with Crippen LogP contribution in [0.1, 0.15) is 12.0 Å². The number of carbonyl (C=O) groups excluding carboxylic acids is 1. The molecule has 0 aromatic heterocycles. The number of hydrogen-bond acceptors (Lipinski definition) is 6. The van der Waals surface area contributed by atoms with Gasteiger partial charge in [0.05, 0.1) is 11.3 Å². The van der Waals surface area contributed by atoms with E-state index in [1.165, 1.54) is 48.6 Å². The molecule has 4 N–H and O–H groups in total. The Morgan fingerprint density at radius 1 is 1.07 bits per heavy atom. The van der Waals surface area contributed by atoms with E-state index in [-0.39, 0.29) is 22.0 Å². The lowest BCUT2D eigenvalue weighted by Gasteiger charge is -2.28. The Morgan fingerprint density at radius 3 is 2.34 bits per heavy atom. The van der Waals surface area contributed by atoms with E-state index in [2.05, 4.69) is 4.72 Å². The Hall–Kier alpha value is -3.20. The molecule has 1 aliphatic carbocycles. The van der Waals surface area contributed by atoms with Crippen LogP contribution in [0.15, 0.2) is 89.4 Å². The summed E-state index contributed by atoms with van der Waals surface area (Å²) >= 11 is 0. The maximum atomic E-state index is 12.4. The normalized spacial score (nSPS) is 21.5. The monoisotopic (exact) mass is 413 g/mol. The summed E-state index contributed by atoms with van der Waals surface area (Å²) in [6.07, 6.45) is 4.71. The largest absolute Gasteiger partial charge is 0.508 e. The van der Waals surface area contributed by atoms with E-state index in [1.807, 2.05) is 6.07 Å². The molecule has 0 aliphatic heterocycles. The van der Waals surface area contributed by atoms with Gasteiger partial charge in [0.25, 0.3) is 0 Å². The van der Waals surface area contributed by atoms with Crippen molar-refractivity contribution in [3.05, 3.63) is 90.0 Å². The zero-order valence-electron chi connectivity index (χ0n) is 15.2. The topological polar surface area (TPSA) is 124 Å². The first kappa shape index (κ1) is 20.5. The summed E-state index contributed by atoms with van der Waals surface area (Å²) in [6, 6.07) is 13.5. The Morgan fingerprint density at radius 2 is 1.72 bits per heavy atom. The molecule has 0 radical (unpaired) electrons. The molecule has 2 aromatic rings. The summed E-state index contributed by atoms with van der Waals surface area (Å²) in [7, 11) is -4.12. The highest BCUT2D eigenvalue weighted by atomic mass is 32.2. The summed E-state index contributed by atoms with van der Waals surface area (Å²) in [5.41, 5.74) is -1.30. The molecule has 0 heterocycles. The second-order valence-electron chi connectivity index (χ2n) is 6.50. The number of aliphatic hydroxyl groups excluding tert-OH is 1. The number of nitrogens with one attached hydrogen (secondary N) is 1. The van der Waals surface area contributed by atoms with E-state index in [4.69, 9.17) is 0 Å². The maximum Gasteiger partial charge on any atom is 0.243 e. The minimum Gasteiger partial charge on any atom is -0.508 e. The summed E-state index contributed by atoms with van der Waals surface area (Å²) in [5.74, 6) is -0.634. The quantitative estimate of drug-likeness (QED) is 0.339. The lowest BCUT2D eigenvalue weighted by Crippen LogP contribution is -2.49. The fourth-order valence-electron chi connectivity index (χ4n) is 2.74. The molecule has 0 bridgehead atoms. The molecule has 0 amide bonds. The van der Waals surface area contributed by atoms with Crippen LogP contribution in [-0.4, -0.2) is 35.2 Å². The molecule has 29 heavy (non-hydrogen) atoms. The number of allylic oxidation sites excluding steroid dienone is 4. The minimum absolute atomic E-state index is 0.0341. The molecule has 0 spiro atoms. The van der Waals surface area contributed by atoms with Gasteiger partial charge in [-0.2, -0.15) is 4.72 Å². The van der Waals surface area contributed by atoms with Gasteiger partial charge in [0.15, 0.2) is 11.5 Å². The number of rotatable bonds is 5. The van der Waals surface area contributed by atoms with Crippen LogP contribution >= 0.6 is 0 Å². The lowest BCUT2D eigenvalue weighted by molar-refractivity contribution is -0.119. The summed E-state index contributed by atoms with van der Waals surface area (Å²) < 4.78 is 26.9. The van der Waals surface area contributed by atoms with Crippen molar-refractivity contribution in [3.63, 3.8) is 0 Å². The van der Waals surface area contributed by atoms with Crippen molar-refractivity contribution in [2.24, 2.45) is 0 Å². The Kier molecular flexibility index (Phi) is 5.69. The van der Waals surface area contributed by atoms with Crippen molar-refractivity contribution in [1.82, 2.24) is 4.72 Å². The molecule has 7 nitrogen and oxygen atoms in total. The molecule has 1 atom stereocenters. The van der Waals surface area contributed by atoms with Crippen molar-refractivity contribution < 1.29 is 28.5 Å². The predicted molar refractivity (Wildman–Crippen MR) is 107 cm³/mol. The van der Waals surface area contributed by atoms with Crippen LogP contribution in [0.25, 0.3) is 5.76 Å². The fourth-order valence-corrected chi connectivity index (χ4v) is 3.95. The molecule has 150 valence electrons. The lowest BCUT2D eigenvalue weighted by atomic mass is 9.94. The van der Waals surface area contributed by atoms with Crippen LogP contribution in [0.3, 0.4) is 0 Å². The van der Waals surface area contributed by atoms with Gasteiger partial charge in [0.2, 0.25) is 10.0 Å². The maximum absolute atomic E-state index is 12.4. The number of sulfonamides is 1. The first-order valence-corrected chi connectivity index (χ1v) is 10.1. The number of carbonyl (C=O) groups is 1. The van der Waals surface area contributed by atoms with Crippen molar-refractivity contribution >= 4 is 21.6 Å². The molecule has 1 unspecified atom stereocenters. The van der Waals surface area contributed by atoms with Crippen LogP contribution in [0.4, 0.5) is 0 Å². The standard InChI is InChI=1S/C21H19NO6S/c23-17-7-9-18(10-8-17)29(27,28)22-21(26)13-12-16(20(25)14-21)6-11-19(24)15-4-2-1-3-5-15/h1-13,22-24,26H,14H2. The third-order valence-corrected chi connectivity index (χ3v) is 5.75. The van der Waals surface area contributed by atoms with Crippen molar-refractivity contribution in [2.75, 3.05) is 0 Å². The van der Waals surface area contributed by atoms with Crippen LogP contribution in [-0.2, 0) is 14.8 Å². The molecule has 0 saturated heterocycles. The first-order chi connectivity index (χ1) is 13.7. The molecule has 1 aliphatic rings. The van der Waals surface area contributed by atoms with Crippen molar-refractivity contribution in [2.45, 2.75) is 17.0 Å². The number of phenolic OH excluding ortho intramolecular Hbond substituents is 1. The van der Waals surface area contributed by atoms with Gasteiger partial charge in [-0.3, -0.25) is 4.79 Å². The number of benzene rings is 2. The smallest absolute Gasteiger partial charge is 0.243 e. The number of hydrogen-bond donors (Lipinski definition) is 4. The van der Waals surface area contributed by atoms with E-state index in [9.17, 15) is 28.5 Å². The van der Waals surface area contributed by atoms with E-state index in [1.54, 1.807) is 24.3 Å². The SMILES string of the molecule is O=C1CC(O)(NS(=O)(=O)c2ccc(O)cc2)C=CC1=CC=C(O)c1ccccc1. The van der Waals surface area contributed by atoms with Gasteiger partial charge in [-0.1, -0.05) is 36.4 Å². The van der Waals surface area contributed by atoms with Crippen molar-refractivity contribution in [3.8, 4) is 5.75 Å². The molecule has 3 rings (SSSR count). The second-order valence-corrected chi connectivity index (χ2v) is 8.18. The molecule has 2 aromatic carbocycles. The molecule has 0 saturated carbocycles. The van der Waals surface area contributed by atoms with Gasteiger partial charge >= 0.3 is 0 Å².